The minimum atomic E-state index is 0.760. The molecule has 0 atom stereocenters. The van der Waals surface area contributed by atoms with Gasteiger partial charge in [-0.1, -0.05) is 50.7 Å². The Morgan fingerprint density at radius 2 is 2.00 bits per heavy atom. The number of allylic oxidation sites excluding steroid dienone is 3. The molecule has 0 aliphatic carbocycles. The third-order valence-corrected chi connectivity index (χ3v) is 1.63. The van der Waals surface area contributed by atoms with Crippen LogP contribution in [0, 0.1) is 0 Å². The monoisotopic (exact) mass is 150 g/mol. The maximum absolute atomic E-state index is 3.94. The van der Waals surface area contributed by atoms with Crippen molar-refractivity contribution in [3.05, 3.63) is 23.8 Å². The van der Waals surface area contributed by atoms with E-state index in [1.54, 1.807) is 0 Å². The summed E-state index contributed by atoms with van der Waals surface area (Å²) < 4.78 is 0. The minimum absolute atomic E-state index is 0.760. The van der Waals surface area contributed by atoms with Crippen molar-refractivity contribution in [1.82, 2.24) is 0 Å². The van der Waals surface area contributed by atoms with E-state index in [1.807, 2.05) is 0 Å². The first kappa shape index (κ1) is 10.5. The molecule has 0 unspecified atom stereocenters. The lowest BCUT2D eigenvalue weighted by Gasteiger charge is -2.02. The summed E-state index contributed by atoms with van der Waals surface area (Å²) in [6, 6.07) is 0. The summed E-state index contributed by atoms with van der Waals surface area (Å²) in [6.07, 6.45) is 4.47. The first-order valence-electron chi connectivity index (χ1n) is 4.41. The first-order valence-corrected chi connectivity index (χ1v) is 4.41. The van der Waals surface area contributed by atoms with Crippen LogP contribution in [-0.4, -0.2) is 6.71 Å². The largest absolute Gasteiger partial charge is 0.137 e. The normalized spacial score (nSPS) is 11.5. The van der Waals surface area contributed by atoms with Crippen molar-refractivity contribution in [2.75, 3.05) is 0 Å². The summed E-state index contributed by atoms with van der Waals surface area (Å²) in [5, 5.41) is 0. The Balaban J connectivity index is 3.90. The smallest absolute Gasteiger partial charge is 0.0958 e. The van der Waals surface area contributed by atoms with Crippen LogP contribution >= 0.6 is 0 Å². The van der Waals surface area contributed by atoms with Gasteiger partial charge in [-0.15, -0.1) is 0 Å². The van der Waals surface area contributed by atoms with E-state index in [0.29, 0.717) is 0 Å². The maximum atomic E-state index is 3.94. The summed E-state index contributed by atoms with van der Waals surface area (Å²) in [4.78, 5) is 0. The molecule has 0 rings (SSSR count). The molecule has 0 saturated carbocycles. The van der Waals surface area contributed by atoms with Crippen LogP contribution < -0.4 is 0 Å². The van der Waals surface area contributed by atoms with E-state index in [-0.39, 0.29) is 0 Å². The summed E-state index contributed by atoms with van der Waals surface area (Å²) >= 11 is 0. The zero-order valence-electron chi connectivity index (χ0n) is 8.28. The van der Waals surface area contributed by atoms with Gasteiger partial charge in [0.05, 0.1) is 0 Å². The van der Waals surface area contributed by atoms with Crippen molar-refractivity contribution in [1.29, 1.82) is 0 Å². The second kappa shape index (κ2) is 5.23. The van der Waals surface area contributed by atoms with Gasteiger partial charge in [-0.25, -0.2) is 0 Å². The molecule has 0 fully saturated rings. The molecule has 0 saturated heterocycles. The standard InChI is InChI=1S/C10H19B/c1-6-9(2)7-10(3)8-11(4)5/h7H,2,6,8H2,1,3-5H3/b10-7-. The molecule has 11 heavy (non-hydrogen) atoms. The average molecular weight is 150 g/mol. The highest BCUT2D eigenvalue weighted by molar-refractivity contribution is 6.56. The van der Waals surface area contributed by atoms with Gasteiger partial charge in [0.1, 0.15) is 6.71 Å². The Bertz CT molecular complexity index is 154. The highest BCUT2D eigenvalue weighted by Gasteiger charge is 1.98. The quantitative estimate of drug-likeness (QED) is 0.423. The maximum Gasteiger partial charge on any atom is 0.137 e. The predicted octanol–water partition coefficient (Wildman–Crippen LogP) is 3.65. The Hall–Kier alpha value is -0.455. The molecule has 0 aliphatic rings. The molecular formula is C10H19B. The van der Waals surface area contributed by atoms with Gasteiger partial charge in [-0.2, -0.15) is 0 Å². The highest BCUT2D eigenvalue weighted by atomic mass is 13.9. The fourth-order valence-corrected chi connectivity index (χ4v) is 1.15. The van der Waals surface area contributed by atoms with Crippen LogP contribution in [0.15, 0.2) is 23.8 Å². The lowest BCUT2D eigenvalue weighted by atomic mass is 9.51. The van der Waals surface area contributed by atoms with E-state index in [4.69, 9.17) is 0 Å². The van der Waals surface area contributed by atoms with Gasteiger partial charge >= 0.3 is 0 Å². The Kier molecular flexibility index (Phi) is 5.01. The van der Waals surface area contributed by atoms with Crippen LogP contribution in [0.1, 0.15) is 20.3 Å². The zero-order valence-corrected chi connectivity index (χ0v) is 8.28. The van der Waals surface area contributed by atoms with Gasteiger partial charge in [-0.05, 0) is 13.3 Å². The number of hydrogen-bond acceptors (Lipinski definition) is 0. The molecule has 0 nitrogen and oxygen atoms in total. The second-order valence-electron chi connectivity index (χ2n) is 3.60. The SMILES string of the molecule is C=C(/C=C(/C)CB(C)C)CC. The second-order valence-corrected chi connectivity index (χ2v) is 3.60. The lowest BCUT2D eigenvalue weighted by Crippen LogP contribution is -1.98. The molecule has 0 heterocycles. The van der Waals surface area contributed by atoms with Crippen molar-refractivity contribution < 1.29 is 0 Å². The van der Waals surface area contributed by atoms with Crippen LogP contribution in [0.5, 0.6) is 0 Å². The van der Waals surface area contributed by atoms with E-state index < -0.39 is 0 Å². The van der Waals surface area contributed by atoms with E-state index >= 15 is 0 Å². The van der Waals surface area contributed by atoms with Crippen LogP contribution in [0.25, 0.3) is 0 Å². The number of rotatable bonds is 4. The fraction of sp³-hybridized carbons (Fsp3) is 0.600. The van der Waals surface area contributed by atoms with Gasteiger partial charge < -0.3 is 0 Å². The van der Waals surface area contributed by atoms with E-state index in [9.17, 15) is 0 Å². The molecule has 0 aromatic carbocycles. The lowest BCUT2D eigenvalue weighted by molar-refractivity contribution is 1.14. The summed E-state index contributed by atoms with van der Waals surface area (Å²) in [7, 11) is 0. The molecule has 62 valence electrons. The molecular weight excluding hydrogens is 131 g/mol. The summed E-state index contributed by atoms with van der Waals surface area (Å²) in [6.45, 7) is 13.5. The Morgan fingerprint density at radius 1 is 1.45 bits per heavy atom. The molecule has 0 bridgehead atoms. The third kappa shape index (κ3) is 5.96. The van der Waals surface area contributed by atoms with Crippen LogP contribution in [0.2, 0.25) is 20.0 Å². The van der Waals surface area contributed by atoms with Gasteiger partial charge in [0.15, 0.2) is 0 Å². The molecule has 0 aliphatic heterocycles. The van der Waals surface area contributed by atoms with Gasteiger partial charge in [0.2, 0.25) is 0 Å². The topological polar surface area (TPSA) is 0 Å². The highest BCUT2D eigenvalue weighted by Crippen LogP contribution is 2.09. The van der Waals surface area contributed by atoms with Crippen LogP contribution in [0.4, 0.5) is 0 Å². The molecule has 0 N–H and O–H groups in total. The van der Waals surface area contributed by atoms with Crippen molar-refractivity contribution in [2.45, 2.75) is 40.2 Å². The molecule has 0 radical (unpaired) electrons. The Labute approximate surface area is 71.5 Å². The van der Waals surface area contributed by atoms with Gasteiger partial charge in [0.25, 0.3) is 0 Å². The van der Waals surface area contributed by atoms with E-state index in [1.165, 1.54) is 17.5 Å². The first-order chi connectivity index (χ1) is 5.06. The Morgan fingerprint density at radius 3 is 2.36 bits per heavy atom. The minimum Gasteiger partial charge on any atom is -0.0958 e. The molecule has 1 heteroatoms. The van der Waals surface area contributed by atoms with E-state index in [2.05, 4.69) is 40.1 Å². The van der Waals surface area contributed by atoms with Gasteiger partial charge in [0, 0.05) is 0 Å². The van der Waals surface area contributed by atoms with Crippen molar-refractivity contribution in [3.63, 3.8) is 0 Å². The molecule has 0 spiro atoms. The van der Waals surface area contributed by atoms with Crippen LogP contribution in [0.3, 0.4) is 0 Å². The fourth-order valence-electron chi connectivity index (χ4n) is 1.15. The molecule has 0 aromatic rings. The van der Waals surface area contributed by atoms with Crippen molar-refractivity contribution in [3.8, 4) is 0 Å². The zero-order chi connectivity index (χ0) is 8.85. The molecule has 0 amide bonds. The predicted molar refractivity (Wildman–Crippen MR) is 55.5 cm³/mol. The summed E-state index contributed by atoms with van der Waals surface area (Å²) in [5.41, 5.74) is 2.69. The van der Waals surface area contributed by atoms with Crippen LogP contribution in [-0.2, 0) is 0 Å². The van der Waals surface area contributed by atoms with E-state index in [0.717, 1.165) is 13.1 Å². The molecule has 0 aromatic heterocycles. The summed E-state index contributed by atoms with van der Waals surface area (Å²) in [5.74, 6) is 0. The number of hydrogen-bond donors (Lipinski definition) is 0. The average Bonchev–Trinajstić information content (AvgIpc) is 1.85. The van der Waals surface area contributed by atoms with Crippen molar-refractivity contribution in [2.24, 2.45) is 0 Å². The van der Waals surface area contributed by atoms with Gasteiger partial charge in [-0.3, -0.25) is 0 Å². The third-order valence-electron chi connectivity index (χ3n) is 1.63. The van der Waals surface area contributed by atoms with Crippen molar-refractivity contribution >= 4 is 6.71 Å².